The van der Waals surface area contributed by atoms with Gasteiger partial charge >= 0.3 is 5.97 Å². The van der Waals surface area contributed by atoms with Gasteiger partial charge in [0.05, 0.1) is 22.6 Å². The lowest BCUT2D eigenvalue weighted by Crippen LogP contribution is -2.25. The van der Waals surface area contributed by atoms with Gasteiger partial charge in [0.25, 0.3) is 17.2 Å². The lowest BCUT2D eigenvalue weighted by atomic mass is 10.2. The first-order chi connectivity index (χ1) is 16.3. The number of anilines is 1. The second-order valence-corrected chi connectivity index (χ2v) is 8.19. The molecule has 0 saturated heterocycles. The molecule has 0 radical (unpaired) electrons. The minimum absolute atomic E-state index is 0.0771. The lowest BCUT2D eigenvalue weighted by molar-refractivity contribution is -0.384. The number of hydrogen-bond donors (Lipinski definition) is 1. The molecular weight excluding hydrogens is 484 g/mol. The van der Waals surface area contributed by atoms with Crippen molar-refractivity contribution in [3.63, 3.8) is 0 Å². The number of nitrogens with zero attached hydrogens (tertiary/aromatic N) is 3. The van der Waals surface area contributed by atoms with Crippen molar-refractivity contribution in [1.82, 2.24) is 9.78 Å². The zero-order chi connectivity index (χ0) is 24.4. The van der Waals surface area contributed by atoms with Crippen LogP contribution in [0.1, 0.15) is 27.8 Å². The van der Waals surface area contributed by atoms with Gasteiger partial charge in [0.1, 0.15) is 5.00 Å². The number of amides is 1. The maximum Gasteiger partial charge on any atom is 0.359 e. The fourth-order valence-corrected chi connectivity index (χ4v) is 4.22. The van der Waals surface area contributed by atoms with E-state index in [9.17, 15) is 24.5 Å². The van der Waals surface area contributed by atoms with E-state index in [1.165, 1.54) is 29.6 Å². The molecule has 4 aromatic rings. The van der Waals surface area contributed by atoms with Crippen LogP contribution in [0.25, 0.3) is 16.5 Å². The van der Waals surface area contributed by atoms with Crippen LogP contribution in [0.5, 0.6) is 0 Å². The van der Waals surface area contributed by atoms with E-state index in [0.717, 1.165) is 16.0 Å². The third-order valence-electron chi connectivity index (χ3n) is 4.76. The van der Waals surface area contributed by atoms with Crippen molar-refractivity contribution < 1.29 is 19.2 Å². The predicted molar refractivity (Wildman–Crippen MR) is 127 cm³/mol. The maximum absolute atomic E-state index is 13.4. The second-order valence-electron chi connectivity index (χ2n) is 6.87. The summed E-state index contributed by atoms with van der Waals surface area (Å²) >= 11 is 6.98. The summed E-state index contributed by atoms with van der Waals surface area (Å²) in [5.74, 6) is -1.30. The number of rotatable bonds is 6. The highest BCUT2D eigenvalue weighted by Gasteiger charge is 2.23. The van der Waals surface area contributed by atoms with Crippen molar-refractivity contribution in [3.05, 3.63) is 90.7 Å². The average Bonchev–Trinajstić information content (AvgIpc) is 3.24. The van der Waals surface area contributed by atoms with Crippen LogP contribution in [-0.4, -0.2) is 33.2 Å². The van der Waals surface area contributed by atoms with Crippen LogP contribution in [0.2, 0.25) is 5.02 Å². The van der Waals surface area contributed by atoms with E-state index in [-0.39, 0.29) is 39.3 Å². The molecule has 0 spiro atoms. The Labute approximate surface area is 200 Å². The molecule has 0 aliphatic rings. The molecule has 0 aliphatic heterocycles. The number of carbonyl (C=O) groups is 2. The molecule has 2 heterocycles. The zero-order valence-electron chi connectivity index (χ0n) is 17.5. The van der Waals surface area contributed by atoms with E-state index < -0.39 is 22.4 Å². The van der Waals surface area contributed by atoms with Crippen LogP contribution in [0.4, 0.5) is 10.7 Å². The standard InChI is InChI=1S/C22H15ClN4O6S/c1-2-33-22(30)18-16-11-34-20(24-19(28)12-3-7-15(8-4-12)27(31)32)17(16)21(29)26(25-18)14-9-5-13(23)6-10-14/h3-11H,2H2,1H3,(H,24,28). The van der Waals surface area contributed by atoms with Gasteiger partial charge in [0.15, 0.2) is 5.69 Å². The second kappa shape index (κ2) is 9.41. The molecule has 0 aliphatic carbocycles. The third-order valence-corrected chi connectivity index (χ3v) is 5.91. The highest BCUT2D eigenvalue weighted by Crippen LogP contribution is 2.31. The normalized spacial score (nSPS) is 10.8. The van der Waals surface area contributed by atoms with Crippen LogP contribution in [-0.2, 0) is 4.74 Å². The van der Waals surface area contributed by atoms with Gasteiger partial charge in [-0.1, -0.05) is 11.6 Å². The molecule has 1 amide bonds. The number of thiophene rings is 1. The first-order valence-corrected chi connectivity index (χ1v) is 11.1. The van der Waals surface area contributed by atoms with Crippen LogP contribution in [0, 0.1) is 10.1 Å². The molecule has 0 bridgehead atoms. The summed E-state index contributed by atoms with van der Waals surface area (Å²) in [6.07, 6.45) is 0. The highest BCUT2D eigenvalue weighted by atomic mass is 35.5. The van der Waals surface area contributed by atoms with Crippen LogP contribution in [0.15, 0.2) is 58.7 Å². The minimum atomic E-state index is -0.721. The number of benzene rings is 2. The van der Waals surface area contributed by atoms with Crippen LogP contribution in [0.3, 0.4) is 0 Å². The van der Waals surface area contributed by atoms with Crippen molar-refractivity contribution in [2.45, 2.75) is 6.92 Å². The Hall–Kier alpha value is -4.09. The molecular formula is C22H15ClN4O6S. The highest BCUT2D eigenvalue weighted by molar-refractivity contribution is 7.16. The van der Waals surface area contributed by atoms with E-state index in [1.807, 2.05) is 0 Å². The number of fused-ring (bicyclic) bond motifs is 1. The molecule has 10 nitrogen and oxygen atoms in total. The Morgan fingerprint density at radius 2 is 1.85 bits per heavy atom. The van der Waals surface area contributed by atoms with E-state index in [4.69, 9.17) is 16.3 Å². The van der Waals surface area contributed by atoms with Gasteiger partial charge < -0.3 is 10.1 Å². The van der Waals surface area contributed by atoms with Crippen molar-refractivity contribution in [3.8, 4) is 5.69 Å². The molecule has 34 heavy (non-hydrogen) atoms. The summed E-state index contributed by atoms with van der Waals surface area (Å²) in [6, 6.07) is 11.3. The number of esters is 1. The van der Waals surface area contributed by atoms with Crippen molar-refractivity contribution in [1.29, 1.82) is 0 Å². The molecule has 0 fully saturated rings. The minimum Gasteiger partial charge on any atom is -0.461 e. The number of halogens is 1. The summed E-state index contributed by atoms with van der Waals surface area (Å²) in [7, 11) is 0. The number of non-ortho nitro benzene ring substituents is 1. The molecule has 0 atom stereocenters. The number of nitrogens with one attached hydrogen (secondary N) is 1. The van der Waals surface area contributed by atoms with Crippen LogP contribution >= 0.6 is 22.9 Å². The molecule has 4 rings (SSSR count). The summed E-state index contributed by atoms with van der Waals surface area (Å²) in [5.41, 5.74) is -0.288. The number of hydrogen-bond acceptors (Lipinski definition) is 8. The third kappa shape index (κ3) is 4.38. The first-order valence-electron chi connectivity index (χ1n) is 9.83. The monoisotopic (exact) mass is 498 g/mol. The largest absolute Gasteiger partial charge is 0.461 e. The smallest absolute Gasteiger partial charge is 0.359 e. The van der Waals surface area contributed by atoms with E-state index >= 15 is 0 Å². The molecule has 2 aromatic heterocycles. The number of nitro groups is 1. The molecule has 0 saturated carbocycles. The predicted octanol–water partition coefficient (Wildman–Crippen LogP) is 4.44. The fourth-order valence-electron chi connectivity index (χ4n) is 3.16. The zero-order valence-corrected chi connectivity index (χ0v) is 19.1. The Kier molecular flexibility index (Phi) is 6.39. The quantitative estimate of drug-likeness (QED) is 0.236. The number of aromatic nitrogens is 2. The fraction of sp³-hybridized carbons (Fsp3) is 0.0909. The van der Waals surface area contributed by atoms with E-state index in [0.29, 0.717) is 10.7 Å². The number of carbonyl (C=O) groups excluding carboxylic acids is 2. The van der Waals surface area contributed by atoms with Crippen molar-refractivity contribution in [2.24, 2.45) is 0 Å². The summed E-state index contributed by atoms with van der Waals surface area (Å²) in [5, 5.41) is 20.2. The Balaban J connectivity index is 1.82. The summed E-state index contributed by atoms with van der Waals surface area (Å²) < 4.78 is 6.14. The average molecular weight is 499 g/mol. The number of nitro benzene ring substituents is 1. The van der Waals surface area contributed by atoms with Gasteiger partial charge in [-0.05, 0) is 43.3 Å². The molecule has 2 aromatic carbocycles. The summed E-state index contributed by atoms with van der Waals surface area (Å²) in [6.45, 7) is 1.75. The van der Waals surface area contributed by atoms with Gasteiger partial charge in [0.2, 0.25) is 0 Å². The molecule has 172 valence electrons. The van der Waals surface area contributed by atoms with Gasteiger partial charge in [-0.2, -0.15) is 9.78 Å². The van der Waals surface area contributed by atoms with Gasteiger partial charge in [0, 0.05) is 33.5 Å². The van der Waals surface area contributed by atoms with Crippen molar-refractivity contribution >= 4 is 56.3 Å². The van der Waals surface area contributed by atoms with Gasteiger partial charge in [-0.15, -0.1) is 11.3 Å². The maximum atomic E-state index is 13.4. The van der Waals surface area contributed by atoms with E-state index in [1.54, 1.807) is 31.2 Å². The van der Waals surface area contributed by atoms with E-state index in [2.05, 4.69) is 10.4 Å². The molecule has 0 unspecified atom stereocenters. The first kappa shape index (κ1) is 23.1. The Morgan fingerprint density at radius 3 is 2.47 bits per heavy atom. The number of ether oxygens (including phenoxy) is 1. The van der Waals surface area contributed by atoms with Gasteiger partial charge in [-0.25, -0.2) is 4.79 Å². The van der Waals surface area contributed by atoms with Crippen molar-refractivity contribution in [2.75, 3.05) is 11.9 Å². The molecule has 12 heteroatoms. The summed E-state index contributed by atoms with van der Waals surface area (Å²) in [4.78, 5) is 49.0. The Bertz CT molecular complexity index is 1480. The molecule has 1 N–H and O–H groups in total. The SMILES string of the molecule is CCOC(=O)c1nn(-c2ccc(Cl)cc2)c(=O)c2c(NC(=O)c3ccc([N+](=O)[O-])cc3)scc12. The van der Waals surface area contributed by atoms with Crippen LogP contribution < -0.4 is 10.9 Å². The topological polar surface area (TPSA) is 133 Å². The lowest BCUT2D eigenvalue weighted by Gasteiger charge is -2.10. The van der Waals surface area contributed by atoms with Gasteiger partial charge in [-0.3, -0.25) is 19.7 Å². The Morgan fingerprint density at radius 1 is 1.18 bits per heavy atom.